The van der Waals surface area contributed by atoms with E-state index in [2.05, 4.69) is 10.3 Å². The molecule has 6 nitrogen and oxygen atoms in total. The second-order valence-electron chi connectivity index (χ2n) is 5.55. The molecule has 6 heteroatoms. The predicted molar refractivity (Wildman–Crippen MR) is 79.1 cm³/mol. The van der Waals surface area contributed by atoms with Crippen molar-refractivity contribution in [3.05, 3.63) is 12.3 Å². The highest BCUT2D eigenvalue weighted by molar-refractivity contribution is 5.96. The van der Waals surface area contributed by atoms with Crippen molar-refractivity contribution in [3.63, 3.8) is 0 Å². The fourth-order valence-electron chi connectivity index (χ4n) is 2.39. The Bertz CT molecular complexity index is 498. The summed E-state index contributed by atoms with van der Waals surface area (Å²) >= 11 is 0. The van der Waals surface area contributed by atoms with Crippen molar-refractivity contribution in [2.24, 2.45) is 5.73 Å². The number of aromatic nitrogens is 1. The maximum atomic E-state index is 12.2. The quantitative estimate of drug-likeness (QED) is 0.850. The van der Waals surface area contributed by atoms with E-state index < -0.39 is 0 Å². The summed E-state index contributed by atoms with van der Waals surface area (Å²) in [6.45, 7) is 0. The molecule has 1 aromatic heterocycles. The van der Waals surface area contributed by atoms with E-state index in [0.717, 1.165) is 24.9 Å². The summed E-state index contributed by atoms with van der Waals surface area (Å²) in [4.78, 5) is 18.2. The van der Waals surface area contributed by atoms with Gasteiger partial charge in [-0.05, 0) is 25.3 Å². The molecule has 1 heterocycles. The smallest absolute Gasteiger partial charge is 0.239 e. The van der Waals surface area contributed by atoms with Crippen molar-refractivity contribution in [2.75, 3.05) is 31.4 Å². The summed E-state index contributed by atoms with van der Waals surface area (Å²) in [5.41, 5.74) is 7.21. The molecular weight excluding hydrogens is 256 g/mol. The van der Waals surface area contributed by atoms with E-state index >= 15 is 0 Å². The minimum Gasteiger partial charge on any atom is -0.479 e. The van der Waals surface area contributed by atoms with Crippen LogP contribution in [0.4, 0.5) is 11.4 Å². The van der Waals surface area contributed by atoms with Crippen LogP contribution in [0.1, 0.15) is 25.7 Å². The Hall–Kier alpha value is -1.82. The standard InChI is InChI=1S/C14H22N4O2/c1-18(2)10-5-8-16-13(20-3)12(10)17-11(19)9-14(15)6-4-7-14/h5,8H,4,6-7,9,15H2,1-3H3,(H,17,19). The number of pyridine rings is 1. The van der Waals surface area contributed by atoms with Gasteiger partial charge in [0.1, 0.15) is 5.69 Å². The Morgan fingerprint density at radius 2 is 2.25 bits per heavy atom. The summed E-state index contributed by atoms with van der Waals surface area (Å²) in [7, 11) is 5.34. The molecule has 1 aromatic rings. The molecule has 3 N–H and O–H groups in total. The van der Waals surface area contributed by atoms with Crippen LogP contribution in [0, 0.1) is 0 Å². The molecule has 1 saturated carbocycles. The number of nitrogens with two attached hydrogens (primary N) is 1. The number of hydrogen-bond donors (Lipinski definition) is 2. The van der Waals surface area contributed by atoms with Gasteiger partial charge in [-0.1, -0.05) is 0 Å². The highest BCUT2D eigenvalue weighted by Crippen LogP contribution is 2.35. The molecule has 0 aliphatic heterocycles. The van der Waals surface area contributed by atoms with Crippen molar-refractivity contribution >= 4 is 17.3 Å². The highest BCUT2D eigenvalue weighted by atomic mass is 16.5. The summed E-state index contributed by atoms with van der Waals surface area (Å²) < 4.78 is 5.22. The minimum absolute atomic E-state index is 0.0957. The van der Waals surface area contributed by atoms with Crippen LogP contribution in [-0.2, 0) is 4.79 Å². The molecule has 0 bridgehead atoms. The van der Waals surface area contributed by atoms with Crippen LogP contribution < -0.4 is 20.7 Å². The first kappa shape index (κ1) is 14.6. The largest absolute Gasteiger partial charge is 0.479 e. The predicted octanol–water partition coefficient (Wildman–Crippen LogP) is 1.37. The molecule has 1 aliphatic carbocycles. The van der Waals surface area contributed by atoms with Gasteiger partial charge in [0, 0.05) is 32.3 Å². The van der Waals surface area contributed by atoms with E-state index in [9.17, 15) is 4.79 Å². The lowest BCUT2D eigenvalue weighted by Crippen LogP contribution is -2.49. The Kier molecular flexibility index (Phi) is 4.13. The van der Waals surface area contributed by atoms with Gasteiger partial charge in [-0.15, -0.1) is 0 Å². The van der Waals surface area contributed by atoms with Crippen molar-refractivity contribution in [3.8, 4) is 5.88 Å². The number of ether oxygens (including phenoxy) is 1. The number of anilines is 2. The van der Waals surface area contributed by atoms with Crippen molar-refractivity contribution < 1.29 is 9.53 Å². The average molecular weight is 278 g/mol. The summed E-state index contributed by atoms with van der Waals surface area (Å²) in [5, 5.41) is 2.89. The molecule has 1 fully saturated rings. The van der Waals surface area contributed by atoms with Crippen LogP contribution in [0.5, 0.6) is 5.88 Å². The molecule has 0 spiro atoms. The monoisotopic (exact) mass is 278 g/mol. The van der Waals surface area contributed by atoms with E-state index in [1.807, 2.05) is 25.1 Å². The number of nitrogens with one attached hydrogen (secondary N) is 1. The number of hydrogen-bond acceptors (Lipinski definition) is 5. The molecule has 2 rings (SSSR count). The van der Waals surface area contributed by atoms with E-state index in [1.165, 1.54) is 7.11 Å². The summed E-state index contributed by atoms with van der Waals surface area (Å²) in [6, 6.07) is 1.83. The molecule has 0 unspecified atom stereocenters. The zero-order valence-electron chi connectivity index (χ0n) is 12.3. The highest BCUT2D eigenvalue weighted by Gasteiger charge is 2.35. The lowest BCUT2D eigenvalue weighted by Gasteiger charge is -2.37. The van der Waals surface area contributed by atoms with Gasteiger partial charge in [0.15, 0.2) is 0 Å². The number of carbonyl (C=O) groups is 1. The number of amides is 1. The van der Waals surface area contributed by atoms with Crippen molar-refractivity contribution in [1.82, 2.24) is 4.98 Å². The minimum atomic E-state index is -0.336. The lowest BCUT2D eigenvalue weighted by molar-refractivity contribution is -0.118. The van der Waals surface area contributed by atoms with Crippen LogP contribution in [0.3, 0.4) is 0 Å². The number of carbonyl (C=O) groups excluding carboxylic acids is 1. The van der Waals surface area contributed by atoms with E-state index in [4.69, 9.17) is 10.5 Å². The molecule has 0 saturated heterocycles. The third-order valence-electron chi connectivity index (χ3n) is 3.70. The Labute approximate surface area is 119 Å². The Morgan fingerprint density at radius 3 is 2.75 bits per heavy atom. The fraction of sp³-hybridized carbons (Fsp3) is 0.571. The van der Waals surface area contributed by atoms with E-state index in [-0.39, 0.29) is 11.4 Å². The van der Waals surface area contributed by atoms with Crippen LogP contribution in [0.2, 0.25) is 0 Å². The summed E-state index contributed by atoms with van der Waals surface area (Å²) in [6.07, 6.45) is 4.90. The molecule has 110 valence electrons. The maximum Gasteiger partial charge on any atom is 0.239 e. The van der Waals surface area contributed by atoms with Gasteiger partial charge in [0.05, 0.1) is 12.8 Å². The van der Waals surface area contributed by atoms with Gasteiger partial charge in [0.25, 0.3) is 0 Å². The Morgan fingerprint density at radius 1 is 1.55 bits per heavy atom. The van der Waals surface area contributed by atoms with E-state index in [0.29, 0.717) is 18.0 Å². The van der Waals surface area contributed by atoms with E-state index in [1.54, 1.807) is 6.20 Å². The number of nitrogens with zero attached hydrogens (tertiary/aromatic N) is 2. The van der Waals surface area contributed by atoms with Crippen molar-refractivity contribution in [2.45, 2.75) is 31.2 Å². The van der Waals surface area contributed by atoms with Crippen LogP contribution in [0.25, 0.3) is 0 Å². The molecule has 0 radical (unpaired) electrons. The molecule has 20 heavy (non-hydrogen) atoms. The molecule has 0 aromatic carbocycles. The summed E-state index contributed by atoms with van der Waals surface area (Å²) in [5.74, 6) is 0.311. The van der Waals surface area contributed by atoms with Crippen LogP contribution in [-0.4, -0.2) is 37.6 Å². The second-order valence-corrected chi connectivity index (χ2v) is 5.55. The zero-order valence-corrected chi connectivity index (χ0v) is 12.3. The van der Waals surface area contributed by atoms with Gasteiger partial charge < -0.3 is 20.7 Å². The molecule has 1 aliphatic rings. The first-order valence-electron chi connectivity index (χ1n) is 6.74. The van der Waals surface area contributed by atoms with Crippen LogP contribution in [0.15, 0.2) is 12.3 Å². The third kappa shape index (κ3) is 3.01. The molecule has 1 amide bonds. The maximum absolute atomic E-state index is 12.2. The van der Waals surface area contributed by atoms with Gasteiger partial charge in [-0.25, -0.2) is 4.98 Å². The zero-order chi connectivity index (χ0) is 14.8. The van der Waals surface area contributed by atoms with Gasteiger partial charge in [0.2, 0.25) is 11.8 Å². The normalized spacial score (nSPS) is 16.2. The first-order valence-corrected chi connectivity index (χ1v) is 6.74. The first-order chi connectivity index (χ1) is 9.45. The Balaban J connectivity index is 2.16. The SMILES string of the molecule is COc1nccc(N(C)C)c1NC(=O)CC1(N)CCC1. The van der Waals surface area contributed by atoms with Crippen LogP contribution >= 0.6 is 0 Å². The number of rotatable bonds is 5. The second kappa shape index (κ2) is 5.66. The lowest BCUT2D eigenvalue weighted by atomic mass is 9.75. The fourth-order valence-corrected chi connectivity index (χ4v) is 2.39. The van der Waals surface area contributed by atoms with Crippen molar-refractivity contribution in [1.29, 1.82) is 0 Å². The topological polar surface area (TPSA) is 80.5 Å². The van der Waals surface area contributed by atoms with Gasteiger partial charge >= 0.3 is 0 Å². The van der Waals surface area contributed by atoms with Gasteiger partial charge in [-0.2, -0.15) is 0 Å². The third-order valence-corrected chi connectivity index (χ3v) is 3.70. The molecular formula is C14H22N4O2. The average Bonchev–Trinajstić information content (AvgIpc) is 2.36. The molecule has 0 atom stereocenters. The van der Waals surface area contributed by atoms with Gasteiger partial charge in [-0.3, -0.25) is 4.79 Å². The number of methoxy groups -OCH3 is 1.